The second-order valence-corrected chi connectivity index (χ2v) is 9.15. The van der Waals surface area contributed by atoms with Gasteiger partial charge in [-0.15, -0.1) is 0 Å². The van der Waals surface area contributed by atoms with Gasteiger partial charge in [0.1, 0.15) is 5.75 Å². The number of ether oxygens (including phenoxy) is 4. The van der Waals surface area contributed by atoms with Crippen LogP contribution in [0.1, 0.15) is 32.4 Å². The van der Waals surface area contributed by atoms with Crippen LogP contribution in [-0.4, -0.2) is 76.6 Å². The highest BCUT2D eigenvalue weighted by atomic mass is 16.5. The number of esters is 1. The van der Waals surface area contributed by atoms with Crippen molar-refractivity contribution in [3.63, 3.8) is 0 Å². The van der Waals surface area contributed by atoms with Crippen molar-refractivity contribution in [2.45, 2.75) is 26.8 Å². The monoisotopic (exact) mass is 538 g/mol. The highest BCUT2D eigenvalue weighted by molar-refractivity contribution is 5.95. The van der Waals surface area contributed by atoms with E-state index in [0.717, 1.165) is 37.6 Å². The molecule has 2 aliphatic heterocycles. The number of benzene rings is 2. The Bertz CT molecular complexity index is 1190. The molecule has 0 aromatic heterocycles. The molecular formula is C29H38N4O6. The number of urea groups is 1. The molecule has 1 saturated heterocycles. The molecule has 10 nitrogen and oxygen atoms in total. The number of carbonyl (C=O) groups excluding carboxylic acids is 2. The SMILES string of the molecule is CCOC(=O)C1=C(CN2CCN(c3ccccc3OCC)CC2)NC(=O)NC1c1ccc(OCC)c(OC)c1. The van der Waals surface area contributed by atoms with Gasteiger partial charge in [-0.1, -0.05) is 18.2 Å². The summed E-state index contributed by atoms with van der Waals surface area (Å²) in [6, 6.07) is 12.4. The van der Waals surface area contributed by atoms with Crippen LogP contribution < -0.4 is 29.7 Å². The quantitative estimate of drug-likeness (QED) is 0.420. The second kappa shape index (κ2) is 13.2. The largest absolute Gasteiger partial charge is 0.493 e. The molecule has 0 aliphatic carbocycles. The van der Waals surface area contributed by atoms with Crippen molar-refractivity contribution in [2.75, 3.05) is 64.6 Å². The molecular weight excluding hydrogens is 500 g/mol. The molecule has 10 heteroatoms. The first-order valence-electron chi connectivity index (χ1n) is 13.5. The van der Waals surface area contributed by atoms with Crippen molar-refractivity contribution in [3.8, 4) is 17.2 Å². The summed E-state index contributed by atoms with van der Waals surface area (Å²) in [6.07, 6.45) is 0. The molecule has 0 radical (unpaired) electrons. The van der Waals surface area contributed by atoms with Gasteiger partial charge in [0, 0.05) is 38.4 Å². The predicted octanol–water partition coefficient (Wildman–Crippen LogP) is 3.49. The zero-order valence-corrected chi connectivity index (χ0v) is 23.1. The molecule has 39 heavy (non-hydrogen) atoms. The highest BCUT2D eigenvalue weighted by Crippen LogP contribution is 2.35. The summed E-state index contributed by atoms with van der Waals surface area (Å²) in [5, 5.41) is 5.77. The first-order chi connectivity index (χ1) is 19.0. The van der Waals surface area contributed by atoms with E-state index in [1.165, 1.54) is 0 Å². The Morgan fingerprint density at radius 2 is 1.64 bits per heavy atom. The number of hydrogen-bond donors (Lipinski definition) is 2. The number of nitrogens with one attached hydrogen (secondary N) is 2. The first kappa shape index (κ1) is 28.1. The van der Waals surface area contributed by atoms with Gasteiger partial charge in [0.2, 0.25) is 0 Å². The van der Waals surface area contributed by atoms with Crippen LogP contribution in [-0.2, 0) is 9.53 Å². The number of rotatable bonds is 11. The number of amides is 2. The summed E-state index contributed by atoms with van der Waals surface area (Å²) >= 11 is 0. The van der Waals surface area contributed by atoms with Crippen LogP contribution in [0, 0.1) is 0 Å². The van der Waals surface area contributed by atoms with E-state index < -0.39 is 12.0 Å². The van der Waals surface area contributed by atoms with Gasteiger partial charge in [0.25, 0.3) is 0 Å². The van der Waals surface area contributed by atoms with Crippen molar-refractivity contribution in [2.24, 2.45) is 0 Å². The van der Waals surface area contributed by atoms with Gasteiger partial charge in [-0.05, 0) is 50.6 Å². The maximum atomic E-state index is 13.2. The van der Waals surface area contributed by atoms with Gasteiger partial charge < -0.3 is 34.5 Å². The maximum Gasteiger partial charge on any atom is 0.338 e. The molecule has 210 valence electrons. The lowest BCUT2D eigenvalue weighted by Crippen LogP contribution is -2.51. The second-order valence-electron chi connectivity index (χ2n) is 9.15. The minimum atomic E-state index is -0.697. The standard InChI is InChI=1S/C29H38N4O6/c1-5-37-23-11-9-8-10-22(23)33-16-14-32(15-17-33)19-21-26(28(34)39-7-3)27(31-29(35)30-21)20-12-13-24(38-6-2)25(18-20)36-4/h8-13,18,27H,5-7,14-17,19H2,1-4H3,(H2,30,31,35). The van der Waals surface area contributed by atoms with Gasteiger partial charge in [-0.25, -0.2) is 9.59 Å². The van der Waals surface area contributed by atoms with Crippen molar-refractivity contribution < 1.29 is 28.5 Å². The Hall–Kier alpha value is -3.92. The molecule has 2 aromatic rings. The molecule has 0 spiro atoms. The fraction of sp³-hybridized carbons (Fsp3) is 0.448. The van der Waals surface area contributed by atoms with Crippen LogP contribution in [0.3, 0.4) is 0 Å². The van der Waals surface area contributed by atoms with E-state index >= 15 is 0 Å². The number of nitrogens with zero attached hydrogens (tertiary/aromatic N) is 2. The molecule has 1 fully saturated rings. The van der Waals surface area contributed by atoms with Crippen molar-refractivity contribution in [1.82, 2.24) is 15.5 Å². The van der Waals surface area contributed by atoms with E-state index in [4.69, 9.17) is 18.9 Å². The lowest BCUT2D eigenvalue weighted by molar-refractivity contribution is -0.139. The number of para-hydroxylation sites is 2. The zero-order valence-electron chi connectivity index (χ0n) is 23.1. The van der Waals surface area contributed by atoms with E-state index in [1.807, 2.05) is 38.1 Å². The Labute approximate surface area is 229 Å². The van der Waals surface area contributed by atoms with Gasteiger partial charge >= 0.3 is 12.0 Å². The molecule has 2 aliphatic rings. The van der Waals surface area contributed by atoms with Gasteiger partial charge in [-0.2, -0.15) is 0 Å². The normalized spacial score (nSPS) is 17.8. The molecule has 1 atom stereocenters. The van der Waals surface area contributed by atoms with Gasteiger partial charge in [0.05, 0.1) is 44.2 Å². The van der Waals surface area contributed by atoms with E-state index in [0.29, 0.717) is 48.1 Å². The number of carbonyl (C=O) groups is 2. The Morgan fingerprint density at radius 3 is 2.33 bits per heavy atom. The van der Waals surface area contributed by atoms with Crippen LogP contribution >= 0.6 is 0 Å². The number of anilines is 1. The molecule has 0 bridgehead atoms. The van der Waals surface area contributed by atoms with E-state index in [-0.39, 0.29) is 12.6 Å². The average Bonchev–Trinajstić information content (AvgIpc) is 2.94. The lowest BCUT2D eigenvalue weighted by Gasteiger charge is -2.38. The minimum absolute atomic E-state index is 0.223. The lowest BCUT2D eigenvalue weighted by atomic mass is 9.94. The highest BCUT2D eigenvalue weighted by Gasteiger charge is 2.35. The van der Waals surface area contributed by atoms with Crippen molar-refractivity contribution in [3.05, 3.63) is 59.3 Å². The summed E-state index contributed by atoms with van der Waals surface area (Å²) in [5.41, 5.74) is 2.69. The fourth-order valence-electron chi connectivity index (χ4n) is 4.95. The summed E-state index contributed by atoms with van der Waals surface area (Å²) in [7, 11) is 1.56. The fourth-order valence-corrected chi connectivity index (χ4v) is 4.95. The third-order valence-electron chi connectivity index (χ3n) is 6.73. The Morgan fingerprint density at radius 1 is 0.923 bits per heavy atom. The Kier molecular flexibility index (Phi) is 9.54. The number of methoxy groups -OCH3 is 1. The van der Waals surface area contributed by atoms with Crippen molar-refractivity contribution in [1.29, 1.82) is 0 Å². The molecule has 4 rings (SSSR count). The molecule has 2 amide bonds. The summed E-state index contributed by atoms with van der Waals surface area (Å²) < 4.78 is 22.4. The third-order valence-corrected chi connectivity index (χ3v) is 6.73. The summed E-state index contributed by atoms with van der Waals surface area (Å²) in [6.45, 7) is 10.5. The van der Waals surface area contributed by atoms with Crippen LogP contribution in [0.25, 0.3) is 0 Å². The van der Waals surface area contributed by atoms with E-state index in [1.54, 1.807) is 26.2 Å². The van der Waals surface area contributed by atoms with Crippen molar-refractivity contribution >= 4 is 17.7 Å². The topological polar surface area (TPSA) is 102 Å². The first-order valence-corrected chi connectivity index (χ1v) is 13.5. The van der Waals surface area contributed by atoms with Crippen LogP contribution in [0.4, 0.5) is 10.5 Å². The van der Waals surface area contributed by atoms with Crippen LogP contribution in [0.15, 0.2) is 53.7 Å². The smallest absolute Gasteiger partial charge is 0.338 e. The number of piperazine rings is 1. The Balaban J connectivity index is 1.58. The van der Waals surface area contributed by atoms with Crippen LogP contribution in [0.5, 0.6) is 17.2 Å². The molecule has 1 unspecified atom stereocenters. The van der Waals surface area contributed by atoms with Gasteiger partial charge in [0.15, 0.2) is 11.5 Å². The van der Waals surface area contributed by atoms with E-state index in [2.05, 4.69) is 26.5 Å². The van der Waals surface area contributed by atoms with E-state index in [9.17, 15) is 9.59 Å². The molecule has 2 N–H and O–H groups in total. The maximum absolute atomic E-state index is 13.2. The van der Waals surface area contributed by atoms with Gasteiger partial charge in [-0.3, -0.25) is 4.90 Å². The summed E-state index contributed by atoms with van der Waals surface area (Å²) in [5.74, 6) is 1.52. The average molecular weight is 539 g/mol. The predicted molar refractivity (Wildman–Crippen MR) is 148 cm³/mol. The number of hydrogen-bond acceptors (Lipinski definition) is 8. The third kappa shape index (κ3) is 6.57. The van der Waals surface area contributed by atoms with Crippen LogP contribution in [0.2, 0.25) is 0 Å². The zero-order chi connectivity index (χ0) is 27.8. The molecule has 2 heterocycles. The molecule has 0 saturated carbocycles. The molecule has 2 aromatic carbocycles. The summed E-state index contributed by atoms with van der Waals surface area (Å²) in [4.78, 5) is 30.5. The minimum Gasteiger partial charge on any atom is -0.493 e.